The summed E-state index contributed by atoms with van der Waals surface area (Å²) < 4.78 is 12.4. The van der Waals surface area contributed by atoms with Gasteiger partial charge in [-0.25, -0.2) is 14.8 Å². The smallest absolute Gasteiger partial charge is 0.336 e. The van der Waals surface area contributed by atoms with Crippen LogP contribution in [-0.4, -0.2) is 47.1 Å². The number of carbonyl (C=O) groups is 3. The number of Topliss-reactive ketones (excluding diaryl/α,β-unsaturated/α-hetero) is 1. The number of anilines is 1. The highest BCUT2D eigenvalue weighted by molar-refractivity contribution is 7.16. The predicted octanol–water partition coefficient (Wildman–Crippen LogP) is 3.59. The van der Waals surface area contributed by atoms with Crippen molar-refractivity contribution >= 4 is 46.4 Å². The second-order valence-corrected chi connectivity index (χ2v) is 9.94. The number of hydrogen-bond donors (Lipinski definition) is 2. The van der Waals surface area contributed by atoms with Crippen molar-refractivity contribution < 1.29 is 28.3 Å². The van der Waals surface area contributed by atoms with Crippen molar-refractivity contribution in [1.82, 2.24) is 24.3 Å². The fourth-order valence-electron chi connectivity index (χ4n) is 3.82. The number of ketones is 1. The van der Waals surface area contributed by atoms with Crippen LogP contribution in [0.3, 0.4) is 0 Å². The second kappa shape index (κ2) is 10.5. The zero-order chi connectivity index (χ0) is 27.7. The van der Waals surface area contributed by atoms with Crippen LogP contribution in [0.15, 0.2) is 63.3 Å². The zero-order valence-corrected chi connectivity index (χ0v) is 21.5. The van der Waals surface area contributed by atoms with Gasteiger partial charge in [-0.15, -0.1) is 11.3 Å². The lowest BCUT2D eigenvalue weighted by molar-refractivity contribution is 0.0696. The number of hydrogen-bond acceptors (Lipinski definition) is 11. The number of thiophene rings is 1. The number of nitrogens with one attached hydrogen (secondary N) is 1. The highest BCUT2D eigenvalue weighted by Gasteiger charge is 2.25. The van der Waals surface area contributed by atoms with Crippen molar-refractivity contribution in [1.29, 1.82) is 0 Å². The van der Waals surface area contributed by atoms with Gasteiger partial charge in [-0.05, 0) is 19.1 Å². The van der Waals surface area contributed by atoms with Gasteiger partial charge >= 0.3 is 11.9 Å². The van der Waals surface area contributed by atoms with Crippen molar-refractivity contribution in [3.8, 4) is 11.3 Å². The molecule has 198 valence electrons. The molecule has 0 amide bonds. The Hall–Kier alpha value is -4.82. The van der Waals surface area contributed by atoms with Crippen LogP contribution in [-0.2, 0) is 13.1 Å². The third-order valence-corrected chi connectivity index (χ3v) is 6.89. The van der Waals surface area contributed by atoms with Crippen molar-refractivity contribution in [3.05, 3.63) is 91.8 Å². The molecule has 0 aliphatic heterocycles. The van der Waals surface area contributed by atoms with E-state index in [0.29, 0.717) is 4.34 Å². The number of aromatic nitrogens is 5. The summed E-state index contributed by atoms with van der Waals surface area (Å²) >= 11 is 7.36. The summed E-state index contributed by atoms with van der Waals surface area (Å²) in [6, 6.07) is 5.01. The lowest BCUT2D eigenvalue weighted by Gasteiger charge is -2.12. The Morgan fingerprint density at radius 1 is 1.13 bits per heavy atom. The third kappa shape index (κ3) is 5.15. The number of rotatable bonds is 9. The van der Waals surface area contributed by atoms with Crippen LogP contribution >= 0.6 is 22.9 Å². The summed E-state index contributed by atoms with van der Waals surface area (Å²) in [5, 5.41) is 17.4. The van der Waals surface area contributed by atoms with E-state index in [2.05, 4.69) is 20.4 Å². The van der Waals surface area contributed by atoms with Crippen LogP contribution in [0, 0.1) is 6.92 Å². The molecule has 5 aromatic rings. The van der Waals surface area contributed by atoms with Gasteiger partial charge in [0.25, 0.3) is 5.56 Å². The number of oxazole rings is 2. The minimum Gasteiger partial charge on any atom is -0.478 e. The van der Waals surface area contributed by atoms with Gasteiger partial charge in [0.15, 0.2) is 18.5 Å². The summed E-state index contributed by atoms with van der Waals surface area (Å²) in [5.74, 6) is -2.34. The van der Waals surface area contributed by atoms with Crippen LogP contribution in [0.25, 0.3) is 11.3 Å². The van der Waals surface area contributed by atoms with Crippen molar-refractivity contribution in [3.63, 3.8) is 0 Å². The molecule has 0 unspecified atom stereocenters. The molecule has 0 atom stereocenters. The van der Waals surface area contributed by atoms with Crippen LogP contribution in [0.5, 0.6) is 0 Å². The van der Waals surface area contributed by atoms with Gasteiger partial charge in [0, 0.05) is 28.3 Å². The lowest BCUT2D eigenvalue weighted by atomic mass is 10.0. The van der Waals surface area contributed by atoms with E-state index in [-0.39, 0.29) is 46.1 Å². The summed E-state index contributed by atoms with van der Waals surface area (Å²) in [7, 11) is 0. The molecule has 5 heterocycles. The highest BCUT2D eigenvalue weighted by Crippen LogP contribution is 2.28. The van der Waals surface area contributed by atoms with E-state index in [9.17, 15) is 24.3 Å². The van der Waals surface area contributed by atoms with E-state index in [1.165, 1.54) is 30.5 Å². The van der Waals surface area contributed by atoms with E-state index in [1.54, 1.807) is 6.07 Å². The normalized spacial score (nSPS) is 11.0. The lowest BCUT2D eigenvalue weighted by Crippen LogP contribution is -2.28. The van der Waals surface area contributed by atoms with Crippen LogP contribution in [0.1, 0.15) is 41.8 Å². The molecule has 5 rings (SSSR count). The maximum Gasteiger partial charge on any atom is 0.336 e. The fraction of sp³-hybridized carbons (Fsp3) is 0.125. The Morgan fingerprint density at radius 3 is 2.46 bits per heavy atom. The molecule has 39 heavy (non-hydrogen) atoms. The Bertz CT molecular complexity index is 1750. The minimum atomic E-state index is -1.38. The number of carboxylic acids is 1. The standard InChI is InChI=1S/C24H17ClN6O7S/c1-12-21(24(35)36)14(6-30(22(12)33)7-18(32)16-8-37-10-27-16)15-4-20(26-5-13-2-3-19(25)39-13)31(29-15)23(34)17-9-38-11-28-17/h2-4,6,8-11,26H,5,7H2,1H3,(H,35,36). The number of carbonyl (C=O) groups excluding carboxylic acids is 2. The van der Waals surface area contributed by atoms with E-state index in [1.807, 2.05) is 6.07 Å². The fourth-order valence-corrected chi connectivity index (χ4v) is 4.85. The summed E-state index contributed by atoms with van der Waals surface area (Å²) in [4.78, 5) is 59.5. The molecule has 0 aliphatic rings. The minimum absolute atomic E-state index is 0.00562. The van der Waals surface area contributed by atoms with Crippen LogP contribution in [0.2, 0.25) is 4.34 Å². The molecule has 15 heteroatoms. The first-order chi connectivity index (χ1) is 18.7. The molecule has 0 saturated heterocycles. The highest BCUT2D eigenvalue weighted by atomic mass is 35.5. The SMILES string of the molecule is Cc1c(C(=O)O)c(-c2cc(NCc3ccc(Cl)s3)n(C(=O)c3cocn3)n2)cn(CC(=O)c2cocn2)c1=O. The molecule has 0 fully saturated rings. The van der Waals surface area contributed by atoms with Gasteiger partial charge in [-0.1, -0.05) is 11.6 Å². The second-order valence-electron chi connectivity index (χ2n) is 8.14. The van der Waals surface area contributed by atoms with Gasteiger partial charge in [-0.3, -0.25) is 14.4 Å². The Labute approximate surface area is 227 Å². The van der Waals surface area contributed by atoms with Crippen molar-refractivity contribution in [2.24, 2.45) is 0 Å². The van der Waals surface area contributed by atoms with Gasteiger partial charge in [0.1, 0.15) is 24.0 Å². The van der Waals surface area contributed by atoms with Gasteiger partial charge < -0.3 is 23.8 Å². The molecular formula is C24H17ClN6O7S. The summed E-state index contributed by atoms with van der Waals surface area (Å²) in [6.45, 7) is 1.19. The van der Waals surface area contributed by atoms with E-state index >= 15 is 0 Å². The predicted molar refractivity (Wildman–Crippen MR) is 137 cm³/mol. The first kappa shape index (κ1) is 25.8. The van der Waals surface area contributed by atoms with Gasteiger partial charge in [-0.2, -0.15) is 9.78 Å². The molecule has 0 aromatic carbocycles. The van der Waals surface area contributed by atoms with Gasteiger partial charge in [0.2, 0.25) is 5.78 Å². The molecule has 5 aromatic heterocycles. The topological polar surface area (TPSA) is 175 Å². The number of nitrogens with zero attached hydrogens (tertiary/aromatic N) is 5. The first-order valence-electron chi connectivity index (χ1n) is 11.1. The van der Waals surface area contributed by atoms with Crippen molar-refractivity contribution in [2.75, 3.05) is 5.32 Å². The Balaban J connectivity index is 1.61. The Morgan fingerprint density at radius 2 is 1.85 bits per heavy atom. The zero-order valence-electron chi connectivity index (χ0n) is 20.0. The molecular weight excluding hydrogens is 552 g/mol. The number of carboxylic acid groups (broad SMARTS) is 1. The molecule has 0 aliphatic carbocycles. The van der Waals surface area contributed by atoms with E-state index in [0.717, 1.165) is 39.4 Å². The molecule has 0 saturated carbocycles. The van der Waals surface area contributed by atoms with E-state index < -0.39 is 29.8 Å². The largest absolute Gasteiger partial charge is 0.478 e. The molecule has 2 N–H and O–H groups in total. The summed E-state index contributed by atoms with van der Waals surface area (Å²) in [5.41, 5.74) is -1.08. The first-order valence-corrected chi connectivity index (χ1v) is 12.3. The maximum absolute atomic E-state index is 13.2. The average molecular weight is 569 g/mol. The molecule has 0 bridgehead atoms. The number of aromatic carboxylic acids is 1. The molecule has 13 nitrogen and oxygen atoms in total. The molecule has 0 spiro atoms. The van der Waals surface area contributed by atoms with E-state index in [4.69, 9.17) is 20.4 Å². The number of halogens is 1. The quantitative estimate of drug-likeness (QED) is 0.248. The van der Waals surface area contributed by atoms with Crippen LogP contribution in [0.4, 0.5) is 5.82 Å². The molecule has 0 radical (unpaired) electrons. The summed E-state index contributed by atoms with van der Waals surface area (Å²) in [6.07, 6.45) is 5.67. The maximum atomic E-state index is 13.2. The number of pyridine rings is 1. The third-order valence-electron chi connectivity index (χ3n) is 5.66. The monoisotopic (exact) mass is 568 g/mol. The Kier molecular flexibility index (Phi) is 6.96. The average Bonchev–Trinajstić information content (AvgIpc) is 3.72. The van der Waals surface area contributed by atoms with Crippen LogP contribution < -0.4 is 10.9 Å². The van der Waals surface area contributed by atoms with Gasteiger partial charge in [0.05, 0.1) is 28.7 Å². The van der Waals surface area contributed by atoms with Crippen molar-refractivity contribution in [2.45, 2.75) is 20.0 Å².